The van der Waals surface area contributed by atoms with Crippen molar-refractivity contribution in [3.8, 4) is 0 Å². The van der Waals surface area contributed by atoms with Crippen LogP contribution in [0.3, 0.4) is 0 Å². The number of rotatable bonds is 3. The molecule has 0 saturated carbocycles. The fourth-order valence-corrected chi connectivity index (χ4v) is 2.74. The minimum atomic E-state index is 0.117. The average molecular weight is 336 g/mol. The van der Waals surface area contributed by atoms with E-state index in [9.17, 15) is 4.79 Å². The van der Waals surface area contributed by atoms with Crippen LogP contribution in [0.25, 0.3) is 0 Å². The van der Waals surface area contributed by atoms with Crippen LogP contribution in [0, 0.1) is 11.8 Å². The Morgan fingerprint density at radius 1 is 0.955 bits per heavy atom. The van der Waals surface area contributed by atoms with Crippen molar-refractivity contribution in [1.29, 1.82) is 0 Å². The predicted octanol–water partition coefficient (Wildman–Crippen LogP) is 5.81. The van der Waals surface area contributed by atoms with Gasteiger partial charge in [-0.05, 0) is 42.2 Å². The molecule has 0 N–H and O–H groups in total. The minimum Gasteiger partial charge on any atom is -0.289 e. The molecule has 0 atom stereocenters. The summed E-state index contributed by atoms with van der Waals surface area (Å²) in [5.41, 5.74) is 2.97. The molecule has 22 heavy (non-hydrogen) atoms. The summed E-state index contributed by atoms with van der Waals surface area (Å²) in [5, 5.41) is 1.07. The summed E-state index contributed by atoms with van der Waals surface area (Å²) in [5.74, 6) is 0.424. The van der Waals surface area contributed by atoms with Crippen molar-refractivity contribution in [2.75, 3.05) is 0 Å². The van der Waals surface area contributed by atoms with Gasteiger partial charge in [0, 0.05) is 16.2 Å². The van der Waals surface area contributed by atoms with Crippen LogP contribution in [-0.4, -0.2) is 11.5 Å². The number of aliphatic imine (C=N–C) groups is 1. The first-order valence-electron chi connectivity index (χ1n) is 7.31. The Kier molecular flexibility index (Phi) is 5.25. The largest absolute Gasteiger partial charge is 0.289 e. The molecule has 0 fully saturated rings. The molecule has 1 aromatic carbocycles. The molecule has 0 bridgehead atoms. The Labute approximate surface area is 141 Å². The molecule has 116 valence electrons. The van der Waals surface area contributed by atoms with Crippen LogP contribution in [-0.2, 0) is 4.79 Å². The summed E-state index contributed by atoms with van der Waals surface area (Å²) in [4.78, 5) is 17.1. The third-order valence-corrected chi connectivity index (χ3v) is 4.07. The third-order valence-electron chi connectivity index (χ3n) is 3.53. The molecule has 0 heterocycles. The molecule has 0 aromatic heterocycles. The SMILES string of the molecule is CC(C)C1=CC(=Nc2ccc(Cl)cc2Cl)C=C(C(C)C)C1=O. The number of benzene rings is 1. The van der Waals surface area contributed by atoms with E-state index in [1.165, 1.54) is 0 Å². The molecule has 0 saturated heterocycles. The van der Waals surface area contributed by atoms with Crippen molar-refractivity contribution < 1.29 is 4.79 Å². The van der Waals surface area contributed by atoms with Crippen molar-refractivity contribution in [2.24, 2.45) is 16.8 Å². The molecule has 2 rings (SSSR count). The number of halogens is 2. The maximum absolute atomic E-state index is 12.5. The third kappa shape index (κ3) is 3.68. The van der Waals surface area contributed by atoms with Gasteiger partial charge in [-0.3, -0.25) is 4.79 Å². The summed E-state index contributed by atoms with van der Waals surface area (Å²) >= 11 is 12.1. The highest BCUT2D eigenvalue weighted by molar-refractivity contribution is 6.36. The van der Waals surface area contributed by atoms with Crippen molar-refractivity contribution in [1.82, 2.24) is 0 Å². The summed E-state index contributed by atoms with van der Waals surface area (Å²) in [7, 11) is 0. The molecule has 0 unspecified atom stereocenters. The van der Waals surface area contributed by atoms with Crippen LogP contribution in [0.2, 0.25) is 10.0 Å². The molecule has 2 nitrogen and oxygen atoms in total. The maximum atomic E-state index is 12.5. The Morgan fingerprint density at radius 3 is 1.95 bits per heavy atom. The lowest BCUT2D eigenvalue weighted by atomic mass is 9.84. The number of hydrogen-bond donors (Lipinski definition) is 0. The Bertz CT molecular complexity index is 667. The van der Waals surface area contributed by atoms with Gasteiger partial charge in [0.25, 0.3) is 0 Å². The minimum absolute atomic E-state index is 0.117. The normalized spacial score (nSPS) is 15.3. The molecular weight excluding hydrogens is 317 g/mol. The van der Waals surface area contributed by atoms with Crippen LogP contribution < -0.4 is 0 Å². The molecule has 1 aliphatic carbocycles. The zero-order valence-corrected chi connectivity index (χ0v) is 14.7. The number of Topliss-reactive ketones (excluding diaryl/α,β-unsaturated/α-hetero) is 1. The van der Waals surface area contributed by atoms with Crippen molar-refractivity contribution >= 4 is 40.4 Å². The van der Waals surface area contributed by atoms with Crippen LogP contribution in [0.1, 0.15) is 27.7 Å². The molecule has 0 radical (unpaired) electrons. The van der Waals surface area contributed by atoms with E-state index in [4.69, 9.17) is 23.2 Å². The van der Waals surface area contributed by atoms with E-state index in [0.717, 1.165) is 16.9 Å². The second-order valence-corrected chi connectivity index (χ2v) is 6.81. The molecular formula is C18H19Cl2NO. The highest BCUT2D eigenvalue weighted by Gasteiger charge is 2.24. The van der Waals surface area contributed by atoms with Crippen molar-refractivity contribution in [3.05, 3.63) is 51.5 Å². The molecule has 0 amide bonds. The number of carbonyl (C=O) groups excluding carboxylic acids is 1. The van der Waals surface area contributed by atoms with Gasteiger partial charge in [0.05, 0.1) is 16.4 Å². The molecule has 0 spiro atoms. The van der Waals surface area contributed by atoms with Gasteiger partial charge in [0.15, 0.2) is 5.78 Å². The number of hydrogen-bond acceptors (Lipinski definition) is 2. The summed E-state index contributed by atoms with van der Waals surface area (Å²) in [6, 6.07) is 5.19. The average Bonchev–Trinajstić information content (AvgIpc) is 2.42. The predicted molar refractivity (Wildman–Crippen MR) is 94.4 cm³/mol. The first kappa shape index (κ1) is 17.0. The topological polar surface area (TPSA) is 29.4 Å². The van der Waals surface area contributed by atoms with Crippen molar-refractivity contribution in [2.45, 2.75) is 27.7 Å². The van der Waals surface area contributed by atoms with E-state index >= 15 is 0 Å². The van der Waals surface area contributed by atoms with E-state index < -0.39 is 0 Å². The lowest BCUT2D eigenvalue weighted by molar-refractivity contribution is -0.113. The molecule has 4 heteroatoms. The summed E-state index contributed by atoms with van der Waals surface area (Å²) in [6.45, 7) is 8.06. The van der Waals surface area contributed by atoms with E-state index in [0.29, 0.717) is 15.7 Å². The van der Waals surface area contributed by atoms with Gasteiger partial charge >= 0.3 is 0 Å². The standard InChI is InChI=1S/C18H19Cl2NO/c1-10(2)14-8-13(9-15(11(3)4)18(14)22)21-17-6-5-12(19)7-16(17)20/h5-11H,1-4H3. The molecule has 1 aliphatic rings. The molecule has 0 aliphatic heterocycles. The van der Waals surface area contributed by atoms with E-state index in [1.54, 1.807) is 18.2 Å². The first-order chi connectivity index (χ1) is 10.3. The van der Waals surface area contributed by atoms with Gasteiger partial charge in [-0.25, -0.2) is 4.99 Å². The second kappa shape index (κ2) is 6.80. The van der Waals surface area contributed by atoms with Crippen LogP contribution in [0.5, 0.6) is 0 Å². The van der Waals surface area contributed by atoms with Crippen LogP contribution in [0.15, 0.2) is 46.5 Å². The van der Waals surface area contributed by atoms with Crippen molar-refractivity contribution in [3.63, 3.8) is 0 Å². The van der Waals surface area contributed by atoms with Gasteiger partial charge in [-0.15, -0.1) is 0 Å². The lowest BCUT2D eigenvalue weighted by Crippen LogP contribution is -2.20. The highest BCUT2D eigenvalue weighted by atomic mass is 35.5. The number of ketones is 1. The van der Waals surface area contributed by atoms with E-state index in [2.05, 4.69) is 4.99 Å². The number of nitrogens with zero attached hydrogens (tertiary/aromatic N) is 1. The lowest BCUT2D eigenvalue weighted by Gasteiger charge is -2.20. The number of carbonyl (C=O) groups is 1. The molecule has 1 aromatic rings. The smallest absolute Gasteiger partial charge is 0.185 e. The van der Waals surface area contributed by atoms with Gasteiger partial charge < -0.3 is 0 Å². The van der Waals surface area contributed by atoms with Gasteiger partial charge in [0.2, 0.25) is 0 Å². The summed E-state index contributed by atoms with van der Waals surface area (Å²) < 4.78 is 0. The maximum Gasteiger partial charge on any atom is 0.185 e. The van der Waals surface area contributed by atoms with Crippen LogP contribution >= 0.6 is 23.2 Å². The monoisotopic (exact) mass is 335 g/mol. The zero-order valence-electron chi connectivity index (χ0n) is 13.2. The van der Waals surface area contributed by atoms with E-state index in [1.807, 2.05) is 39.8 Å². The fourth-order valence-electron chi connectivity index (χ4n) is 2.29. The zero-order chi connectivity index (χ0) is 16.4. The van der Waals surface area contributed by atoms with Gasteiger partial charge in [0.1, 0.15) is 0 Å². The van der Waals surface area contributed by atoms with Gasteiger partial charge in [-0.2, -0.15) is 0 Å². The Hall–Kier alpha value is -1.38. The first-order valence-corrected chi connectivity index (χ1v) is 8.06. The second-order valence-electron chi connectivity index (χ2n) is 5.97. The van der Waals surface area contributed by atoms with Crippen LogP contribution in [0.4, 0.5) is 5.69 Å². The van der Waals surface area contributed by atoms with E-state index in [-0.39, 0.29) is 17.6 Å². The number of allylic oxidation sites excluding steroid dienone is 4. The Balaban J connectivity index is 2.51. The quantitative estimate of drug-likeness (QED) is 0.640. The van der Waals surface area contributed by atoms with Gasteiger partial charge in [-0.1, -0.05) is 50.9 Å². The summed E-state index contributed by atoms with van der Waals surface area (Å²) in [6.07, 6.45) is 3.70. The Morgan fingerprint density at radius 2 is 1.50 bits per heavy atom. The highest BCUT2D eigenvalue weighted by Crippen LogP contribution is 2.30. The fraction of sp³-hybridized carbons (Fsp3) is 0.333.